The van der Waals surface area contributed by atoms with Crippen molar-refractivity contribution in [3.05, 3.63) is 35.5 Å². The minimum absolute atomic E-state index is 0.273. The number of methoxy groups -OCH3 is 1. The molecule has 5 nitrogen and oxygen atoms in total. The molecule has 1 saturated carbocycles. The van der Waals surface area contributed by atoms with Crippen molar-refractivity contribution >= 4 is 32.8 Å². The van der Waals surface area contributed by atoms with Crippen LogP contribution in [0, 0.1) is 5.92 Å². The van der Waals surface area contributed by atoms with E-state index in [0.29, 0.717) is 30.0 Å². The van der Waals surface area contributed by atoms with Crippen LogP contribution in [0.3, 0.4) is 0 Å². The van der Waals surface area contributed by atoms with E-state index in [1.165, 1.54) is 7.11 Å². The molecule has 1 saturated heterocycles. The second kappa shape index (κ2) is 7.33. The molecular weight excluding hydrogens is 398 g/mol. The van der Waals surface area contributed by atoms with Gasteiger partial charge in [-0.3, -0.25) is 0 Å². The largest absolute Gasteiger partial charge is 0.465 e. The summed E-state index contributed by atoms with van der Waals surface area (Å²) in [7, 11) is 1.44. The quantitative estimate of drug-likeness (QED) is 0.546. The van der Waals surface area contributed by atoms with E-state index < -0.39 is 0 Å². The van der Waals surface area contributed by atoms with Gasteiger partial charge < -0.3 is 18.8 Å². The predicted octanol–water partition coefficient (Wildman–Crippen LogP) is 4.26. The summed E-state index contributed by atoms with van der Waals surface area (Å²) in [6, 6.07) is 8.08. The third-order valence-electron chi connectivity index (χ3n) is 5.72. The van der Waals surface area contributed by atoms with Gasteiger partial charge in [0.2, 0.25) is 0 Å². The molecule has 1 aliphatic heterocycles. The zero-order chi connectivity index (χ0) is 18.1. The molecule has 0 atom stereocenters. The highest BCUT2D eigenvalue weighted by Crippen LogP contribution is 2.40. The molecule has 0 amide bonds. The first kappa shape index (κ1) is 18.0. The molecule has 1 aromatic carbocycles. The summed E-state index contributed by atoms with van der Waals surface area (Å²) in [6.07, 6.45) is 4.04. The van der Waals surface area contributed by atoms with Crippen LogP contribution in [0.5, 0.6) is 0 Å². The Hall–Kier alpha value is -1.37. The summed E-state index contributed by atoms with van der Waals surface area (Å²) in [5.41, 5.74) is 2.76. The fourth-order valence-corrected chi connectivity index (χ4v) is 4.96. The lowest BCUT2D eigenvalue weighted by Crippen LogP contribution is -2.36. The molecule has 2 aliphatic rings. The molecule has 1 aromatic heterocycles. The van der Waals surface area contributed by atoms with E-state index in [1.807, 2.05) is 18.2 Å². The van der Waals surface area contributed by atoms with E-state index >= 15 is 0 Å². The van der Waals surface area contributed by atoms with Crippen LogP contribution in [0.2, 0.25) is 0 Å². The number of carbonyl (C=O) groups is 1. The van der Waals surface area contributed by atoms with Crippen LogP contribution < -0.4 is 0 Å². The van der Waals surface area contributed by atoms with Crippen LogP contribution in [0.15, 0.2) is 24.3 Å². The average molecular weight is 422 g/mol. The number of halogens is 1. The van der Waals surface area contributed by atoms with Gasteiger partial charge in [-0.25, -0.2) is 4.79 Å². The number of benzene rings is 1. The maximum atomic E-state index is 12.4. The highest BCUT2D eigenvalue weighted by Gasteiger charge is 2.40. The summed E-state index contributed by atoms with van der Waals surface area (Å²) in [5, 5.41) is 1.58. The number of nitrogens with zero attached hydrogens (tertiary/aromatic N) is 1. The van der Waals surface area contributed by atoms with E-state index in [0.717, 1.165) is 48.8 Å². The summed E-state index contributed by atoms with van der Waals surface area (Å²) < 4.78 is 19.0. The Morgan fingerprint density at radius 1 is 1.27 bits per heavy atom. The summed E-state index contributed by atoms with van der Waals surface area (Å²) in [4.78, 5) is 12.4. The lowest BCUT2D eigenvalue weighted by atomic mass is 9.85. The Balaban J connectivity index is 1.63. The molecule has 0 bridgehead atoms. The maximum Gasteiger partial charge on any atom is 0.340 e. The lowest BCUT2D eigenvalue weighted by Gasteiger charge is -2.35. The van der Waals surface area contributed by atoms with Gasteiger partial charge in [0.25, 0.3) is 0 Å². The second-order valence-corrected chi connectivity index (χ2v) is 7.69. The molecule has 2 heterocycles. The van der Waals surface area contributed by atoms with Crippen LogP contribution in [0.25, 0.3) is 10.9 Å². The van der Waals surface area contributed by atoms with E-state index in [4.69, 9.17) is 14.2 Å². The van der Waals surface area contributed by atoms with Crippen molar-refractivity contribution in [2.75, 3.05) is 20.3 Å². The molecule has 2 fully saturated rings. The van der Waals surface area contributed by atoms with Crippen LogP contribution in [-0.2, 0) is 26.1 Å². The van der Waals surface area contributed by atoms with Gasteiger partial charge in [-0.1, -0.05) is 34.1 Å². The molecule has 140 valence electrons. The molecule has 1 spiro atoms. The van der Waals surface area contributed by atoms with Gasteiger partial charge in [0.1, 0.15) is 0 Å². The Morgan fingerprint density at radius 3 is 2.62 bits per heavy atom. The fourth-order valence-electron chi connectivity index (χ4n) is 4.38. The van der Waals surface area contributed by atoms with E-state index in [2.05, 4.69) is 26.6 Å². The van der Waals surface area contributed by atoms with Crippen LogP contribution in [0.1, 0.15) is 41.7 Å². The molecule has 6 heteroatoms. The van der Waals surface area contributed by atoms with Crippen molar-refractivity contribution < 1.29 is 19.0 Å². The molecule has 0 radical (unpaired) electrons. The predicted molar refractivity (Wildman–Crippen MR) is 103 cm³/mol. The third-order valence-corrected chi connectivity index (χ3v) is 6.25. The number of esters is 1. The molecule has 0 unspecified atom stereocenters. The SMILES string of the molecule is COC(=O)c1c(CBr)n(CC2CCC3(CC2)OCCO3)c2ccccc12. The van der Waals surface area contributed by atoms with Crippen molar-refractivity contribution in [2.24, 2.45) is 5.92 Å². The van der Waals surface area contributed by atoms with Gasteiger partial charge in [-0.15, -0.1) is 0 Å². The molecule has 0 N–H and O–H groups in total. The van der Waals surface area contributed by atoms with Gasteiger partial charge in [0.05, 0.1) is 25.9 Å². The highest BCUT2D eigenvalue weighted by atomic mass is 79.9. The average Bonchev–Trinajstić information content (AvgIpc) is 3.26. The Kier molecular flexibility index (Phi) is 5.08. The molecule has 4 rings (SSSR count). The first-order valence-electron chi connectivity index (χ1n) is 9.20. The lowest BCUT2D eigenvalue weighted by molar-refractivity contribution is -0.183. The number of para-hydroxylation sites is 1. The number of aromatic nitrogens is 1. The van der Waals surface area contributed by atoms with Gasteiger partial charge in [-0.2, -0.15) is 0 Å². The van der Waals surface area contributed by atoms with Crippen molar-refractivity contribution in [2.45, 2.75) is 43.3 Å². The zero-order valence-corrected chi connectivity index (χ0v) is 16.6. The Morgan fingerprint density at radius 2 is 1.96 bits per heavy atom. The number of fused-ring (bicyclic) bond motifs is 1. The van der Waals surface area contributed by atoms with Gasteiger partial charge >= 0.3 is 5.97 Å². The number of rotatable bonds is 4. The van der Waals surface area contributed by atoms with Gasteiger partial charge in [0.15, 0.2) is 5.79 Å². The van der Waals surface area contributed by atoms with E-state index in [9.17, 15) is 4.79 Å². The fraction of sp³-hybridized carbons (Fsp3) is 0.550. The molecule has 26 heavy (non-hydrogen) atoms. The van der Waals surface area contributed by atoms with Gasteiger partial charge in [0, 0.05) is 41.3 Å². The molecule has 1 aliphatic carbocycles. The smallest absolute Gasteiger partial charge is 0.340 e. The third kappa shape index (κ3) is 3.08. The number of carbonyl (C=O) groups excluding carboxylic acids is 1. The standard InChI is InChI=1S/C20H24BrNO4/c1-24-19(23)18-15-4-2-3-5-16(15)22(17(18)12-21)13-14-6-8-20(9-7-14)25-10-11-26-20/h2-5,14H,6-13H2,1H3. The van der Waals surface area contributed by atoms with Gasteiger partial charge in [-0.05, 0) is 24.8 Å². The minimum Gasteiger partial charge on any atom is -0.465 e. The maximum absolute atomic E-state index is 12.4. The monoisotopic (exact) mass is 421 g/mol. The molecule has 2 aromatic rings. The number of ether oxygens (including phenoxy) is 3. The van der Waals surface area contributed by atoms with Crippen molar-refractivity contribution in [3.8, 4) is 0 Å². The normalized spacial score (nSPS) is 20.1. The Bertz CT molecular complexity index is 799. The summed E-state index contributed by atoms with van der Waals surface area (Å²) in [6.45, 7) is 2.32. The number of alkyl halides is 1. The zero-order valence-electron chi connectivity index (χ0n) is 15.0. The van der Waals surface area contributed by atoms with Crippen LogP contribution >= 0.6 is 15.9 Å². The topological polar surface area (TPSA) is 49.7 Å². The summed E-state index contributed by atoms with van der Waals surface area (Å²) in [5.74, 6) is -0.0534. The number of hydrogen-bond acceptors (Lipinski definition) is 4. The van der Waals surface area contributed by atoms with E-state index in [-0.39, 0.29) is 11.8 Å². The molecular formula is C20H24BrNO4. The second-order valence-electron chi connectivity index (χ2n) is 7.13. The van der Waals surface area contributed by atoms with Crippen LogP contribution in [-0.4, -0.2) is 36.6 Å². The first-order valence-corrected chi connectivity index (χ1v) is 10.3. The minimum atomic E-state index is -0.329. The van der Waals surface area contributed by atoms with Crippen molar-refractivity contribution in [3.63, 3.8) is 0 Å². The summed E-state index contributed by atoms with van der Waals surface area (Å²) >= 11 is 3.58. The van der Waals surface area contributed by atoms with E-state index in [1.54, 1.807) is 0 Å². The van der Waals surface area contributed by atoms with Crippen molar-refractivity contribution in [1.29, 1.82) is 0 Å². The Labute approximate surface area is 161 Å². The van der Waals surface area contributed by atoms with Crippen molar-refractivity contribution in [1.82, 2.24) is 4.57 Å². The first-order chi connectivity index (χ1) is 12.7. The number of hydrogen-bond donors (Lipinski definition) is 0. The highest BCUT2D eigenvalue weighted by molar-refractivity contribution is 9.08. The van der Waals surface area contributed by atoms with Crippen LogP contribution in [0.4, 0.5) is 0 Å².